The number of thioether (sulfide) groups is 1. The van der Waals surface area contributed by atoms with E-state index in [0.29, 0.717) is 22.6 Å². The van der Waals surface area contributed by atoms with E-state index in [1.54, 1.807) is 74.1 Å². The first kappa shape index (κ1) is 32.8. The maximum absolute atomic E-state index is 13.5. The van der Waals surface area contributed by atoms with Gasteiger partial charge in [-0.05, 0) is 74.9 Å². The van der Waals surface area contributed by atoms with Gasteiger partial charge in [0.05, 0.1) is 16.6 Å². The summed E-state index contributed by atoms with van der Waals surface area (Å²) in [6.07, 6.45) is 1.62. The van der Waals surface area contributed by atoms with E-state index >= 15 is 0 Å². The van der Waals surface area contributed by atoms with Crippen molar-refractivity contribution in [3.05, 3.63) is 148 Å². The van der Waals surface area contributed by atoms with Crippen LogP contribution in [0.5, 0.6) is 0 Å². The van der Waals surface area contributed by atoms with Gasteiger partial charge in [-0.2, -0.15) is 0 Å². The largest absolute Gasteiger partial charge is 0.321 e. The number of benzene rings is 4. The van der Waals surface area contributed by atoms with E-state index in [1.807, 2.05) is 73.7 Å². The molecule has 3 N–H and O–H groups in total. The lowest BCUT2D eigenvalue weighted by Crippen LogP contribution is -2.30. The third-order valence-corrected chi connectivity index (χ3v) is 8.59. The summed E-state index contributed by atoms with van der Waals surface area (Å²) in [4.78, 5) is 53.7. The number of hydrogen-bond donors (Lipinski definition) is 3. The second-order valence-corrected chi connectivity index (χ2v) is 12.4. The van der Waals surface area contributed by atoms with Crippen molar-refractivity contribution in [2.45, 2.75) is 30.9 Å². The molecule has 1 atom stereocenters. The maximum Gasteiger partial charge on any atom is 0.295 e. The lowest BCUT2D eigenvalue weighted by atomic mass is 10.1. The number of amides is 3. The van der Waals surface area contributed by atoms with Crippen LogP contribution in [0.1, 0.15) is 34.1 Å². The molecule has 9 nitrogen and oxygen atoms in total. The molecule has 5 aromatic rings. The van der Waals surface area contributed by atoms with Gasteiger partial charge in [-0.3, -0.25) is 23.9 Å². The van der Waals surface area contributed by atoms with Crippen molar-refractivity contribution in [3.63, 3.8) is 0 Å². The predicted octanol–water partition coefficient (Wildman–Crippen LogP) is 6.32. The Labute approximate surface area is 277 Å². The predicted molar refractivity (Wildman–Crippen MR) is 188 cm³/mol. The monoisotopic (exact) mass is 645 g/mol. The van der Waals surface area contributed by atoms with Crippen LogP contribution in [0.3, 0.4) is 0 Å². The van der Waals surface area contributed by atoms with Crippen LogP contribution in [0.25, 0.3) is 11.8 Å². The Morgan fingerprint density at radius 1 is 0.809 bits per heavy atom. The van der Waals surface area contributed by atoms with Crippen LogP contribution in [0.15, 0.2) is 125 Å². The summed E-state index contributed by atoms with van der Waals surface area (Å²) < 4.78 is 3.22. The molecule has 0 saturated carbocycles. The van der Waals surface area contributed by atoms with Crippen molar-refractivity contribution in [2.75, 3.05) is 10.6 Å². The van der Waals surface area contributed by atoms with Gasteiger partial charge in [-0.25, -0.2) is 4.68 Å². The minimum absolute atomic E-state index is 0.0768. The van der Waals surface area contributed by atoms with Gasteiger partial charge in [0.25, 0.3) is 17.4 Å². The summed E-state index contributed by atoms with van der Waals surface area (Å²) in [5.41, 5.74) is 4.04. The summed E-state index contributed by atoms with van der Waals surface area (Å²) in [5.74, 6) is -1.24. The average molecular weight is 646 g/mol. The summed E-state index contributed by atoms with van der Waals surface area (Å²) >= 11 is 1.29. The smallest absolute Gasteiger partial charge is 0.295 e. The van der Waals surface area contributed by atoms with Crippen LogP contribution in [-0.4, -0.2) is 32.3 Å². The SMILES string of the molecule is Cc1ccc(/C=C(/NC(=O)c2ccccc2)C(=O)Nc2cccc(SC(C)C(=O)Nc3c(C)n(C)n(-c4ccccc4)c3=O)c2)cc1. The van der Waals surface area contributed by atoms with Crippen LogP contribution in [0.4, 0.5) is 11.4 Å². The zero-order valence-electron chi connectivity index (χ0n) is 26.5. The molecule has 1 heterocycles. The molecule has 238 valence electrons. The molecule has 0 spiro atoms. The Kier molecular flexibility index (Phi) is 10.2. The van der Waals surface area contributed by atoms with Crippen molar-refractivity contribution in [2.24, 2.45) is 7.05 Å². The molecule has 0 saturated heterocycles. The van der Waals surface area contributed by atoms with Gasteiger partial charge in [0.1, 0.15) is 11.4 Å². The topological polar surface area (TPSA) is 114 Å². The molecule has 1 aromatic heterocycles. The van der Waals surface area contributed by atoms with Crippen LogP contribution in [-0.2, 0) is 16.6 Å². The Bertz CT molecular complexity index is 2000. The Balaban J connectivity index is 1.30. The molecule has 1 unspecified atom stereocenters. The Morgan fingerprint density at radius 2 is 1.47 bits per heavy atom. The average Bonchev–Trinajstić information content (AvgIpc) is 3.28. The van der Waals surface area contributed by atoms with Crippen molar-refractivity contribution < 1.29 is 14.4 Å². The van der Waals surface area contributed by atoms with Gasteiger partial charge in [0.15, 0.2) is 0 Å². The first-order valence-electron chi connectivity index (χ1n) is 15.0. The molecule has 0 aliphatic rings. The van der Waals surface area contributed by atoms with Gasteiger partial charge in [0, 0.05) is 23.2 Å². The van der Waals surface area contributed by atoms with Crippen molar-refractivity contribution in [3.8, 4) is 5.69 Å². The standard InChI is InChI=1S/C37H35N5O4S/c1-24-18-20-27(21-19-24)22-32(39-35(44)28-12-7-5-8-13-28)36(45)38-29-14-11-17-31(23-29)47-26(3)34(43)40-33-25(2)41(4)42(37(33)46)30-15-9-6-10-16-30/h5-23,26H,1-4H3,(H,38,45)(H,39,44)(H,40,43)/b32-22+. The molecule has 4 aromatic carbocycles. The lowest BCUT2D eigenvalue weighted by molar-refractivity contribution is -0.115. The zero-order chi connectivity index (χ0) is 33.5. The Hall–Kier alpha value is -5.61. The van der Waals surface area contributed by atoms with Crippen LogP contribution in [0.2, 0.25) is 0 Å². The highest BCUT2D eigenvalue weighted by atomic mass is 32.2. The van der Waals surface area contributed by atoms with E-state index < -0.39 is 17.1 Å². The fourth-order valence-corrected chi connectivity index (χ4v) is 5.74. The first-order chi connectivity index (χ1) is 22.6. The minimum atomic E-state index is -0.563. The van der Waals surface area contributed by atoms with Crippen molar-refractivity contribution in [1.82, 2.24) is 14.7 Å². The number of carbonyl (C=O) groups is 3. The Morgan fingerprint density at radius 3 is 2.15 bits per heavy atom. The zero-order valence-corrected chi connectivity index (χ0v) is 27.3. The van der Waals surface area contributed by atoms with Gasteiger partial charge in [-0.15, -0.1) is 11.8 Å². The third-order valence-electron chi connectivity index (χ3n) is 7.49. The number of aromatic nitrogens is 2. The van der Waals surface area contributed by atoms with E-state index in [-0.39, 0.29) is 22.9 Å². The third kappa shape index (κ3) is 7.98. The number of rotatable bonds is 10. The molecule has 0 aliphatic carbocycles. The molecular weight excluding hydrogens is 611 g/mol. The second-order valence-electron chi connectivity index (χ2n) is 11.0. The fraction of sp³-hybridized carbons (Fsp3) is 0.135. The van der Waals surface area contributed by atoms with E-state index in [0.717, 1.165) is 16.0 Å². The first-order valence-corrected chi connectivity index (χ1v) is 15.9. The molecule has 0 aliphatic heterocycles. The van der Waals surface area contributed by atoms with E-state index in [1.165, 1.54) is 16.4 Å². The van der Waals surface area contributed by atoms with E-state index in [4.69, 9.17) is 0 Å². The molecule has 5 rings (SSSR count). The summed E-state index contributed by atoms with van der Waals surface area (Å²) in [5, 5.41) is 7.87. The maximum atomic E-state index is 13.5. The highest BCUT2D eigenvalue weighted by Gasteiger charge is 2.22. The number of nitrogens with one attached hydrogen (secondary N) is 3. The van der Waals surface area contributed by atoms with Gasteiger partial charge in [-0.1, -0.05) is 72.3 Å². The number of para-hydroxylation sites is 1. The molecule has 0 fully saturated rings. The molecule has 47 heavy (non-hydrogen) atoms. The van der Waals surface area contributed by atoms with Gasteiger partial charge in [0.2, 0.25) is 5.91 Å². The number of hydrogen-bond acceptors (Lipinski definition) is 5. The lowest BCUT2D eigenvalue weighted by Gasteiger charge is -2.14. The van der Waals surface area contributed by atoms with Gasteiger partial charge >= 0.3 is 0 Å². The van der Waals surface area contributed by atoms with Crippen LogP contribution >= 0.6 is 11.8 Å². The quantitative estimate of drug-likeness (QED) is 0.122. The highest BCUT2D eigenvalue weighted by molar-refractivity contribution is 8.00. The van der Waals surface area contributed by atoms with Gasteiger partial charge < -0.3 is 16.0 Å². The summed E-state index contributed by atoms with van der Waals surface area (Å²) in [6.45, 7) is 5.50. The summed E-state index contributed by atoms with van der Waals surface area (Å²) in [6, 6.07) is 32.6. The molecule has 3 amide bonds. The number of aryl methyl sites for hydroxylation is 1. The minimum Gasteiger partial charge on any atom is -0.321 e. The van der Waals surface area contributed by atoms with Crippen molar-refractivity contribution in [1.29, 1.82) is 0 Å². The fourth-order valence-electron chi connectivity index (χ4n) is 4.81. The molecule has 10 heteroatoms. The molecular formula is C37H35N5O4S. The van der Waals surface area contributed by atoms with Crippen molar-refractivity contribution >= 4 is 46.9 Å². The molecule has 0 radical (unpaired) electrons. The number of anilines is 2. The van der Waals surface area contributed by atoms with E-state index in [9.17, 15) is 19.2 Å². The number of nitrogens with zero attached hydrogens (tertiary/aromatic N) is 2. The highest BCUT2D eigenvalue weighted by Crippen LogP contribution is 2.27. The number of carbonyl (C=O) groups excluding carboxylic acids is 3. The second kappa shape index (κ2) is 14.7. The van der Waals surface area contributed by atoms with Crippen LogP contribution < -0.4 is 21.5 Å². The normalized spacial score (nSPS) is 11.9. The molecule has 0 bridgehead atoms. The summed E-state index contributed by atoms with van der Waals surface area (Å²) in [7, 11) is 1.77. The van der Waals surface area contributed by atoms with E-state index in [2.05, 4.69) is 16.0 Å². The van der Waals surface area contributed by atoms with Crippen LogP contribution in [0, 0.1) is 13.8 Å².